The molecule has 1 aromatic heterocycles. The summed E-state index contributed by atoms with van der Waals surface area (Å²) < 4.78 is 5.76. The van der Waals surface area contributed by atoms with Gasteiger partial charge in [-0.15, -0.1) is 0 Å². The summed E-state index contributed by atoms with van der Waals surface area (Å²) in [5.74, 6) is 0.736. The number of aromatic hydroxyl groups is 1. The van der Waals surface area contributed by atoms with Crippen LogP contribution >= 0.6 is 0 Å². The van der Waals surface area contributed by atoms with Gasteiger partial charge in [0.25, 0.3) is 5.91 Å². The average Bonchev–Trinajstić information content (AvgIpc) is 3.12. The summed E-state index contributed by atoms with van der Waals surface area (Å²) in [6.07, 6.45) is 0. The first-order valence-electron chi connectivity index (χ1n) is 10.0. The van der Waals surface area contributed by atoms with E-state index >= 15 is 0 Å². The van der Waals surface area contributed by atoms with Crippen molar-refractivity contribution in [2.75, 3.05) is 11.1 Å². The van der Waals surface area contributed by atoms with Gasteiger partial charge in [0.15, 0.2) is 5.76 Å². The number of nitrogen functional groups attached to an aromatic ring is 1. The highest BCUT2D eigenvalue weighted by Crippen LogP contribution is 2.41. The Labute approximate surface area is 177 Å². The minimum atomic E-state index is -0.345. The van der Waals surface area contributed by atoms with Gasteiger partial charge < -0.3 is 20.6 Å². The molecule has 0 radical (unpaired) electrons. The third-order valence-electron chi connectivity index (χ3n) is 5.01. The lowest BCUT2D eigenvalue weighted by Gasteiger charge is -2.28. The van der Waals surface area contributed by atoms with E-state index in [4.69, 9.17) is 10.2 Å². The van der Waals surface area contributed by atoms with Gasteiger partial charge in [-0.1, -0.05) is 41.5 Å². The van der Waals surface area contributed by atoms with E-state index in [2.05, 4.69) is 5.32 Å². The third-order valence-corrected chi connectivity index (χ3v) is 5.01. The molecule has 5 heteroatoms. The maximum absolute atomic E-state index is 12.8. The molecule has 30 heavy (non-hydrogen) atoms. The Bertz CT molecular complexity index is 1030. The van der Waals surface area contributed by atoms with Crippen LogP contribution < -0.4 is 11.1 Å². The van der Waals surface area contributed by atoms with E-state index in [0.29, 0.717) is 17.1 Å². The molecule has 1 heterocycles. The first-order chi connectivity index (χ1) is 13.9. The first-order valence-corrected chi connectivity index (χ1v) is 10.0. The molecule has 0 aliphatic carbocycles. The van der Waals surface area contributed by atoms with Crippen molar-refractivity contribution >= 4 is 17.3 Å². The van der Waals surface area contributed by atoms with Gasteiger partial charge in [-0.25, -0.2) is 0 Å². The van der Waals surface area contributed by atoms with Crippen molar-refractivity contribution < 1.29 is 14.3 Å². The van der Waals surface area contributed by atoms with Crippen LogP contribution in [-0.4, -0.2) is 11.0 Å². The van der Waals surface area contributed by atoms with Gasteiger partial charge in [-0.2, -0.15) is 0 Å². The number of hydrogen-bond acceptors (Lipinski definition) is 4. The van der Waals surface area contributed by atoms with Gasteiger partial charge in [0.2, 0.25) is 0 Å². The van der Waals surface area contributed by atoms with Crippen LogP contribution in [0.2, 0.25) is 0 Å². The number of phenolic OH excluding ortho intramolecular Hbond substituents is 1. The summed E-state index contributed by atoms with van der Waals surface area (Å²) >= 11 is 0. The molecule has 0 aliphatic heterocycles. The highest BCUT2D eigenvalue weighted by Gasteiger charge is 2.27. The van der Waals surface area contributed by atoms with Crippen molar-refractivity contribution in [1.29, 1.82) is 0 Å². The highest BCUT2D eigenvalue weighted by molar-refractivity contribution is 6.02. The van der Waals surface area contributed by atoms with Crippen LogP contribution in [0.15, 0.2) is 52.9 Å². The maximum Gasteiger partial charge on any atom is 0.291 e. The summed E-state index contributed by atoms with van der Waals surface area (Å²) in [6, 6.07) is 14.3. The van der Waals surface area contributed by atoms with Crippen LogP contribution in [0.25, 0.3) is 11.3 Å². The number of hydrogen-bond donors (Lipinski definition) is 3. The topological polar surface area (TPSA) is 88.5 Å². The number of nitrogens with two attached hydrogens (primary N) is 1. The number of rotatable bonds is 3. The summed E-state index contributed by atoms with van der Waals surface area (Å²) in [6.45, 7) is 12.2. The molecule has 1 amide bonds. The van der Waals surface area contributed by atoms with Gasteiger partial charge in [-0.3, -0.25) is 4.79 Å². The van der Waals surface area contributed by atoms with Crippen LogP contribution in [0.1, 0.15) is 63.2 Å². The zero-order valence-corrected chi connectivity index (χ0v) is 18.5. The first kappa shape index (κ1) is 21.5. The second-order valence-electron chi connectivity index (χ2n) is 9.66. The second kappa shape index (κ2) is 7.56. The fourth-order valence-electron chi connectivity index (χ4n) is 3.31. The van der Waals surface area contributed by atoms with E-state index in [1.165, 1.54) is 0 Å². The van der Waals surface area contributed by atoms with Gasteiger partial charge in [0.05, 0.1) is 0 Å². The van der Waals surface area contributed by atoms with Crippen molar-refractivity contribution in [3.05, 3.63) is 65.4 Å². The number of phenols is 1. The van der Waals surface area contributed by atoms with E-state index in [1.54, 1.807) is 24.3 Å². The number of amides is 1. The van der Waals surface area contributed by atoms with Crippen LogP contribution in [-0.2, 0) is 10.8 Å². The Balaban J connectivity index is 1.92. The van der Waals surface area contributed by atoms with E-state index in [0.717, 1.165) is 16.7 Å². The van der Waals surface area contributed by atoms with Gasteiger partial charge in [-0.05, 0) is 59.4 Å². The molecule has 0 fully saturated rings. The van der Waals surface area contributed by atoms with Gasteiger partial charge in [0, 0.05) is 28.1 Å². The second-order valence-corrected chi connectivity index (χ2v) is 9.66. The molecule has 0 saturated carbocycles. The molecule has 0 atom stereocenters. The van der Waals surface area contributed by atoms with Crippen LogP contribution in [0, 0.1) is 0 Å². The smallest absolute Gasteiger partial charge is 0.291 e. The molecule has 5 nitrogen and oxygen atoms in total. The highest BCUT2D eigenvalue weighted by atomic mass is 16.3. The number of benzene rings is 2. The summed E-state index contributed by atoms with van der Waals surface area (Å²) in [4.78, 5) is 12.8. The summed E-state index contributed by atoms with van der Waals surface area (Å²) in [7, 11) is 0. The fourth-order valence-corrected chi connectivity index (χ4v) is 3.31. The standard InChI is InChI=1S/C25H30N2O3/c1-24(2,3)18-13-17(14-19(22(18)28)25(4,5)6)27-23(29)21-12-11-20(30-21)15-7-9-16(26)10-8-15/h7-14,28H,26H2,1-6H3,(H,27,29). The van der Waals surface area contributed by atoms with Crippen LogP contribution in [0.5, 0.6) is 5.75 Å². The van der Waals surface area contributed by atoms with Crippen molar-refractivity contribution in [2.24, 2.45) is 0 Å². The Morgan fingerprint density at radius 1 is 0.900 bits per heavy atom. The lowest BCUT2D eigenvalue weighted by Crippen LogP contribution is -2.19. The Morgan fingerprint density at radius 3 is 1.93 bits per heavy atom. The average molecular weight is 407 g/mol. The minimum absolute atomic E-state index is 0.213. The maximum atomic E-state index is 12.8. The number of anilines is 2. The predicted octanol–water partition coefficient (Wildman–Crippen LogP) is 6.08. The van der Waals surface area contributed by atoms with E-state index in [1.807, 2.05) is 65.8 Å². The fraction of sp³-hybridized carbons (Fsp3) is 0.320. The molecule has 3 aromatic rings. The lowest BCUT2D eigenvalue weighted by molar-refractivity contribution is 0.0997. The minimum Gasteiger partial charge on any atom is -0.507 e. The Morgan fingerprint density at radius 2 is 1.43 bits per heavy atom. The van der Waals surface area contributed by atoms with Crippen molar-refractivity contribution in [1.82, 2.24) is 0 Å². The van der Waals surface area contributed by atoms with Crippen molar-refractivity contribution in [3.63, 3.8) is 0 Å². The molecule has 3 rings (SSSR count). The van der Waals surface area contributed by atoms with Crippen molar-refractivity contribution in [2.45, 2.75) is 52.4 Å². The van der Waals surface area contributed by atoms with Gasteiger partial charge in [0.1, 0.15) is 11.5 Å². The van der Waals surface area contributed by atoms with Crippen LogP contribution in [0.4, 0.5) is 11.4 Å². The molecule has 0 spiro atoms. The number of nitrogens with one attached hydrogen (secondary N) is 1. The predicted molar refractivity (Wildman–Crippen MR) is 122 cm³/mol. The Hall–Kier alpha value is -3.21. The van der Waals surface area contributed by atoms with Gasteiger partial charge >= 0.3 is 0 Å². The molecule has 4 N–H and O–H groups in total. The summed E-state index contributed by atoms with van der Waals surface area (Å²) in [5, 5.41) is 13.8. The molecular weight excluding hydrogens is 376 g/mol. The molecule has 158 valence electrons. The largest absolute Gasteiger partial charge is 0.507 e. The summed E-state index contributed by atoms with van der Waals surface area (Å²) in [5.41, 5.74) is 8.87. The molecular formula is C25H30N2O3. The molecule has 2 aromatic carbocycles. The van der Waals surface area contributed by atoms with Crippen molar-refractivity contribution in [3.8, 4) is 17.1 Å². The quantitative estimate of drug-likeness (QED) is 0.363. The lowest BCUT2D eigenvalue weighted by atomic mass is 9.79. The zero-order chi connectivity index (χ0) is 22.3. The number of carbonyl (C=O) groups is 1. The molecule has 0 unspecified atom stereocenters. The van der Waals surface area contributed by atoms with E-state index in [9.17, 15) is 9.90 Å². The SMILES string of the molecule is CC(C)(C)c1cc(NC(=O)c2ccc(-c3ccc(N)cc3)o2)cc(C(C)(C)C)c1O. The van der Waals surface area contributed by atoms with Crippen LogP contribution in [0.3, 0.4) is 0 Å². The van der Waals surface area contributed by atoms with E-state index < -0.39 is 0 Å². The molecule has 0 saturated heterocycles. The Kier molecular flexibility index (Phi) is 5.42. The monoisotopic (exact) mass is 406 g/mol. The number of furan rings is 1. The number of carbonyl (C=O) groups excluding carboxylic acids is 1. The molecule has 0 bridgehead atoms. The van der Waals surface area contributed by atoms with E-state index in [-0.39, 0.29) is 28.2 Å². The normalized spacial score (nSPS) is 12.1. The third kappa shape index (κ3) is 4.51. The molecule has 0 aliphatic rings. The zero-order valence-electron chi connectivity index (χ0n) is 18.5.